The smallest absolute Gasteiger partial charge is 0.336 e. The van der Waals surface area contributed by atoms with Gasteiger partial charge in [-0.25, -0.2) is 4.79 Å². The van der Waals surface area contributed by atoms with E-state index in [1.807, 2.05) is 13.0 Å². The summed E-state index contributed by atoms with van der Waals surface area (Å²) in [5.41, 5.74) is 2.10. The number of hydrogen-bond donors (Lipinski definition) is 2. The van der Waals surface area contributed by atoms with Crippen molar-refractivity contribution in [1.29, 1.82) is 0 Å². The van der Waals surface area contributed by atoms with E-state index in [-0.39, 0.29) is 0 Å². The van der Waals surface area contributed by atoms with Crippen molar-refractivity contribution in [1.82, 2.24) is 0 Å². The molecule has 3 heteroatoms. The van der Waals surface area contributed by atoms with Crippen LogP contribution in [0.15, 0.2) is 18.2 Å². The first-order valence-corrected chi connectivity index (χ1v) is 6.06. The van der Waals surface area contributed by atoms with E-state index in [1.165, 1.54) is 0 Å². The lowest BCUT2D eigenvalue weighted by atomic mass is 10.00. The van der Waals surface area contributed by atoms with Crippen molar-refractivity contribution < 1.29 is 9.90 Å². The van der Waals surface area contributed by atoms with E-state index in [4.69, 9.17) is 5.11 Å². The minimum Gasteiger partial charge on any atom is -0.478 e. The van der Waals surface area contributed by atoms with Crippen LogP contribution in [0.3, 0.4) is 0 Å². The van der Waals surface area contributed by atoms with Crippen LogP contribution < -0.4 is 5.32 Å². The number of anilines is 1. The molecule has 0 aromatic heterocycles. The van der Waals surface area contributed by atoms with Gasteiger partial charge in [0.25, 0.3) is 0 Å². The monoisotopic (exact) mass is 235 g/mol. The van der Waals surface area contributed by atoms with Gasteiger partial charge in [-0.05, 0) is 37.0 Å². The number of carboxylic acid groups (broad SMARTS) is 1. The summed E-state index contributed by atoms with van der Waals surface area (Å²) in [6, 6.07) is 5.73. The van der Waals surface area contributed by atoms with Gasteiger partial charge >= 0.3 is 5.97 Å². The molecule has 0 aliphatic carbocycles. The Hall–Kier alpha value is -1.51. The molecule has 0 bridgehead atoms. The molecule has 0 saturated heterocycles. The summed E-state index contributed by atoms with van der Waals surface area (Å²) in [5.74, 6) is -0.350. The second-order valence-corrected chi connectivity index (χ2v) is 4.69. The first-order valence-electron chi connectivity index (χ1n) is 6.06. The highest BCUT2D eigenvalue weighted by Crippen LogP contribution is 2.22. The van der Waals surface area contributed by atoms with Crippen molar-refractivity contribution in [2.75, 3.05) is 5.32 Å². The minimum atomic E-state index is -0.872. The van der Waals surface area contributed by atoms with Crippen LogP contribution in [0, 0.1) is 12.8 Å². The minimum absolute atomic E-state index is 0.369. The first-order chi connectivity index (χ1) is 7.97. The van der Waals surface area contributed by atoms with Gasteiger partial charge in [0, 0.05) is 11.7 Å². The van der Waals surface area contributed by atoms with Crippen molar-refractivity contribution in [2.24, 2.45) is 5.92 Å². The molecule has 0 heterocycles. The van der Waals surface area contributed by atoms with Crippen molar-refractivity contribution >= 4 is 11.7 Å². The Morgan fingerprint density at radius 1 is 1.41 bits per heavy atom. The van der Waals surface area contributed by atoms with Crippen LogP contribution in [0.1, 0.15) is 43.1 Å². The van der Waals surface area contributed by atoms with Gasteiger partial charge in [-0.2, -0.15) is 0 Å². The summed E-state index contributed by atoms with van der Waals surface area (Å²) in [6.07, 6.45) is 1.02. The average Bonchev–Trinajstić information content (AvgIpc) is 2.26. The van der Waals surface area contributed by atoms with Gasteiger partial charge in [0.05, 0.1) is 5.56 Å². The Morgan fingerprint density at radius 3 is 2.53 bits per heavy atom. The third-order valence-electron chi connectivity index (χ3n) is 3.15. The highest BCUT2D eigenvalue weighted by Gasteiger charge is 2.14. The Balaban J connectivity index is 2.99. The van der Waals surface area contributed by atoms with Crippen LogP contribution in [0.25, 0.3) is 0 Å². The molecule has 0 aliphatic heterocycles. The number of rotatable bonds is 5. The molecule has 0 amide bonds. The lowest BCUT2D eigenvalue weighted by Crippen LogP contribution is -2.25. The van der Waals surface area contributed by atoms with E-state index >= 15 is 0 Å². The molecule has 0 radical (unpaired) electrons. The highest BCUT2D eigenvalue weighted by atomic mass is 16.4. The normalized spacial score (nSPS) is 12.5. The number of nitrogens with one attached hydrogen (secondary N) is 1. The summed E-state index contributed by atoms with van der Waals surface area (Å²) < 4.78 is 0. The maximum Gasteiger partial charge on any atom is 0.336 e. The van der Waals surface area contributed by atoms with Gasteiger partial charge < -0.3 is 10.4 Å². The number of carboxylic acids is 1. The van der Waals surface area contributed by atoms with Crippen LogP contribution in [-0.4, -0.2) is 17.1 Å². The number of benzene rings is 1. The predicted molar refractivity (Wildman–Crippen MR) is 70.7 cm³/mol. The fraction of sp³-hybridized carbons (Fsp3) is 0.500. The number of carbonyl (C=O) groups is 1. The van der Waals surface area contributed by atoms with Crippen LogP contribution in [-0.2, 0) is 0 Å². The number of hydrogen-bond acceptors (Lipinski definition) is 2. The van der Waals surface area contributed by atoms with Crippen molar-refractivity contribution in [3.63, 3.8) is 0 Å². The molecule has 1 aromatic rings. The third-order valence-corrected chi connectivity index (χ3v) is 3.15. The topological polar surface area (TPSA) is 49.3 Å². The quantitative estimate of drug-likeness (QED) is 0.820. The lowest BCUT2D eigenvalue weighted by molar-refractivity contribution is 0.0696. The molecule has 1 rings (SSSR count). The van der Waals surface area contributed by atoms with Gasteiger partial charge in [-0.3, -0.25) is 0 Å². The SMILES string of the molecule is CCC(Nc1cccc(C(=O)O)c1C)C(C)C. The zero-order valence-corrected chi connectivity index (χ0v) is 10.9. The van der Waals surface area contributed by atoms with Gasteiger partial charge in [-0.1, -0.05) is 26.8 Å². The van der Waals surface area contributed by atoms with E-state index in [2.05, 4.69) is 26.1 Å². The molecule has 0 fully saturated rings. The standard InChI is InChI=1S/C14H21NO2/c1-5-12(9(2)3)15-13-8-6-7-11(10(13)4)14(16)17/h6-9,12,15H,5H2,1-4H3,(H,16,17). The van der Waals surface area contributed by atoms with Gasteiger partial charge in [0.15, 0.2) is 0 Å². The maximum absolute atomic E-state index is 11.0. The van der Waals surface area contributed by atoms with Gasteiger partial charge in [-0.15, -0.1) is 0 Å². The van der Waals surface area contributed by atoms with E-state index in [0.717, 1.165) is 17.7 Å². The highest BCUT2D eigenvalue weighted by molar-refractivity contribution is 5.91. The molecular formula is C14H21NO2. The first kappa shape index (κ1) is 13.6. The molecular weight excluding hydrogens is 214 g/mol. The van der Waals surface area contributed by atoms with Crippen LogP contribution >= 0.6 is 0 Å². The molecule has 0 aliphatic rings. The van der Waals surface area contributed by atoms with E-state index in [1.54, 1.807) is 12.1 Å². The molecule has 0 saturated carbocycles. The predicted octanol–water partition coefficient (Wildman–Crippen LogP) is 3.54. The van der Waals surface area contributed by atoms with E-state index in [0.29, 0.717) is 17.5 Å². The van der Waals surface area contributed by atoms with Gasteiger partial charge in [0.1, 0.15) is 0 Å². The van der Waals surface area contributed by atoms with E-state index < -0.39 is 5.97 Å². The Morgan fingerprint density at radius 2 is 2.06 bits per heavy atom. The maximum atomic E-state index is 11.0. The summed E-state index contributed by atoms with van der Waals surface area (Å²) >= 11 is 0. The largest absolute Gasteiger partial charge is 0.478 e. The van der Waals surface area contributed by atoms with Crippen molar-refractivity contribution in [3.05, 3.63) is 29.3 Å². The second-order valence-electron chi connectivity index (χ2n) is 4.69. The molecule has 0 spiro atoms. The van der Waals surface area contributed by atoms with Crippen molar-refractivity contribution in [2.45, 2.75) is 40.2 Å². The molecule has 1 aromatic carbocycles. The van der Waals surface area contributed by atoms with Gasteiger partial charge in [0.2, 0.25) is 0 Å². The van der Waals surface area contributed by atoms with Crippen LogP contribution in [0.2, 0.25) is 0 Å². The zero-order valence-electron chi connectivity index (χ0n) is 10.9. The molecule has 3 nitrogen and oxygen atoms in total. The second kappa shape index (κ2) is 5.71. The summed E-state index contributed by atoms with van der Waals surface area (Å²) in [4.78, 5) is 11.0. The summed E-state index contributed by atoms with van der Waals surface area (Å²) in [6.45, 7) is 8.31. The number of aromatic carboxylic acids is 1. The fourth-order valence-corrected chi connectivity index (χ4v) is 1.96. The molecule has 2 N–H and O–H groups in total. The van der Waals surface area contributed by atoms with Crippen LogP contribution in [0.4, 0.5) is 5.69 Å². The average molecular weight is 235 g/mol. The zero-order chi connectivity index (χ0) is 13.0. The van der Waals surface area contributed by atoms with E-state index in [9.17, 15) is 4.79 Å². The Kier molecular flexibility index (Phi) is 4.55. The fourth-order valence-electron chi connectivity index (χ4n) is 1.96. The lowest BCUT2D eigenvalue weighted by Gasteiger charge is -2.23. The molecule has 17 heavy (non-hydrogen) atoms. The summed E-state index contributed by atoms with van der Waals surface area (Å²) in [5, 5.41) is 12.5. The molecule has 1 atom stereocenters. The Labute approximate surface area is 103 Å². The van der Waals surface area contributed by atoms with Crippen molar-refractivity contribution in [3.8, 4) is 0 Å². The summed E-state index contributed by atoms with van der Waals surface area (Å²) in [7, 11) is 0. The molecule has 94 valence electrons. The Bertz CT molecular complexity index is 399. The van der Waals surface area contributed by atoms with Crippen LogP contribution in [0.5, 0.6) is 0 Å². The third kappa shape index (κ3) is 3.22. The molecule has 1 unspecified atom stereocenters.